The number of esters is 1. The summed E-state index contributed by atoms with van der Waals surface area (Å²) in [7, 11) is 1.33. The maximum Gasteiger partial charge on any atom is 0.338 e. The number of fused-ring (bicyclic) bond motifs is 1. The Hall–Kier alpha value is -2.12. The van der Waals surface area contributed by atoms with Crippen LogP contribution in [0.3, 0.4) is 0 Å². The average molecular weight is 354 g/mol. The normalized spacial score (nSPS) is 16.8. The molecular formula is C14H13Cl2N5O2. The molecule has 0 spiro atoms. The molecule has 0 fully saturated rings. The molecule has 2 heterocycles. The van der Waals surface area contributed by atoms with Gasteiger partial charge in [-0.25, -0.2) is 4.79 Å². The molecule has 0 radical (unpaired) electrons. The van der Waals surface area contributed by atoms with Crippen LogP contribution in [0.1, 0.15) is 24.9 Å². The van der Waals surface area contributed by atoms with E-state index in [0.29, 0.717) is 39.2 Å². The Bertz CT molecular complexity index is 802. The van der Waals surface area contributed by atoms with Gasteiger partial charge >= 0.3 is 5.97 Å². The number of nitrogens with one attached hydrogen (secondary N) is 1. The summed E-state index contributed by atoms with van der Waals surface area (Å²) in [6.45, 7) is 1.92. The number of hydrogen-bond donors (Lipinski definition) is 1. The van der Waals surface area contributed by atoms with Crippen LogP contribution in [0.15, 0.2) is 29.5 Å². The van der Waals surface area contributed by atoms with Gasteiger partial charge in [-0.1, -0.05) is 41.3 Å². The van der Waals surface area contributed by atoms with Gasteiger partial charge in [-0.3, -0.25) is 0 Å². The second kappa shape index (κ2) is 6.17. The lowest BCUT2D eigenvalue weighted by Gasteiger charge is -2.28. The van der Waals surface area contributed by atoms with Crippen LogP contribution in [0.2, 0.25) is 10.0 Å². The Morgan fingerprint density at radius 1 is 1.43 bits per heavy atom. The van der Waals surface area contributed by atoms with Gasteiger partial charge in [-0.2, -0.15) is 4.68 Å². The lowest BCUT2D eigenvalue weighted by atomic mass is 9.94. The van der Waals surface area contributed by atoms with Crippen LogP contribution in [0.25, 0.3) is 0 Å². The Labute approximate surface area is 142 Å². The molecule has 0 saturated carbocycles. The standard InChI is InChI=1S/C14H13Cl2N5O2/c1-3-10-11(13(22)23-2)12(21-14(17-10)18-19-20-21)8-5-4-7(15)6-9(8)16/h4-6,12H,3H2,1-2H3,(H,17,18,20)/t12-/m1/s1. The summed E-state index contributed by atoms with van der Waals surface area (Å²) in [6.07, 6.45) is 0.582. The van der Waals surface area contributed by atoms with E-state index in [1.807, 2.05) is 6.92 Å². The first-order chi connectivity index (χ1) is 11.1. The van der Waals surface area contributed by atoms with Crippen LogP contribution < -0.4 is 5.32 Å². The quantitative estimate of drug-likeness (QED) is 0.854. The lowest BCUT2D eigenvalue weighted by molar-refractivity contribution is -0.136. The highest BCUT2D eigenvalue weighted by molar-refractivity contribution is 6.35. The van der Waals surface area contributed by atoms with E-state index in [4.69, 9.17) is 27.9 Å². The van der Waals surface area contributed by atoms with Crippen molar-refractivity contribution in [2.24, 2.45) is 0 Å². The molecule has 9 heteroatoms. The maximum absolute atomic E-state index is 12.4. The van der Waals surface area contributed by atoms with Gasteiger partial charge in [0.25, 0.3) is 0 Å². The summed E-state index contributed by atoms with van der Waals surface area (Å²) in [4.78, 5) is 12.4. The molecule has 23 heavy (non-hydrogen) atoms. The average Bonchev–Trinajstić information content (AvgIpc) is 3.01. The van der Waals surface area contributed by atoms with Crippen molar-refractivity contribution < 1.29 is 9.53 Å². The molecule has 0 saturated heterocycles. The van der Waals surface area contributed by atoms with Crippen LogP contribution in [0, 0.1) is 0 Å². The van der Waals surface area contributed by atoms with Crippen LogP contribution >= 0.6 is 23.2 Å². The van der Waals surface area contributed by atoms with E-state index < -0.39 is 12.0 Å². The van der Waals surface area contributed by atoms with Gasteiger partial charge in [-0.15, -0.1) is 0 Å². The number of benzene rings is 1. The van der Waals surface area contributed by atoms with Crippen LogP contribution in [0.4, 0.5) is 5.95 Å². The van der Waals surface area contributed by atoms with Gasteiger partial charge in [0.15, 0.2) is 0 Å². The number of ether oxygens (including phenoxy) is 1. The molecule has 0 bridgehead atoms. The Kier molecular flexibility index (Phi) is 4.23. The molecule has 2 aromatic rings. The summed E-state index contributed by atoms with van der Waals surface area (Å²) in [6, 6.07) is 4.48. The van der Waals surface area contributed by atoms with E-state index in [-0.39, 0.29) is 0 Å². The summed E-state index contributed by atoms with van der Waals surface area (Å²) in [5, 5.41) is 15.6. The molecule has 1 N–H and O–H groups in total. The third kappa shape index (κ3) is 2.66. The van der Waals surface area contributed by atoms with E-state index in [9.17, 15) is 4.79 Å². The summed E-state index contributed by atoms with van der Waals surface area (Å²) in [5.74, 6) is -0.0305. The number of hydrogen-bond acceptors (Lipinski definition) is 6. The molecule has 0 aliphatic carbocycles. The fraction of sp³-hybridized carbons (Fsp3) is 0.286. The van der Waals surface area contributed by atoms with Gasteiger partial charge in [0.1, 0.15) is 6.04 Å². The zero-order valence-electron chi connectivity index (χ0n) is 12.4. The molecule has 0 amide bonds. The Morgan fingerprint density at radius 2 is 2.22 bits per heavy atom. The van der Waals surface area contributed by atoms with Gasteiger partial charge in [0.05, 0.1) is 12.7 Å². The number of anilines is 1. The third-order valence-corrected chi connectivity index (χ3v) is 4.18. The number of tetrazole rings is 1. The monoisotopic (exact) mass is 353 g/mol. The SMILES string of the molecule is CCC1=C(C(=O)OC)[C@@H](c2ccc(Cl)cc2Cl)n2nnnc2N1. The van der Waals surface area contributed by atoms with Crippen LogP contribution in [0.5, 0.6) is 0 Å². The summed E-state index contributed by atoms with van der Waals surface area (Å²) in [5.41, 5.74) is 1.77. The van der Waals surface area contributed by atoms with Crippen molar-refractivity contribution in [1.29, 1.82) is 0 Å². The van der Waals surface area contributed by atoms with Crippen LogP contribution in [-0.4, -0.2) is 33.3 Å². The number of nitrogens with zero attached hydrogens (tertiary/aromatic N) is 4. The fourth-order valence-electron chi connectivity index (χ4n) is 2.57. The van der Waals surface area contributed by atoms with Gasteiger partial charge < -0.3 is 10.1 Å². The number of methoxy groups -OCH3 is 1. The highest BCUT2D eigenvalue weighted by Crippen LogP contribution is 2.39. The summed E-state index contributed by atoms with van der Waals surface area (Å²) >= 11 is 12.3. The fourth-order valence-corrected chi connectivity index (χ4v) is 3.09. The molecule has 3 rings (SSSR count). The van der Waals surface area contributed by atoms with E-state index in [1.165, 1.54) is 11.8 Å². The number of halogens is 2. The topological polar surface area (TPSA) is 81.9 Å². The molecule has 1 atom stereocenters. The number of rotatable bonds is 3. The minimum absolute atomic E-state index is 0.416. The number of carbonyl (C=O) groups excluding carboxylic acids is 1. The maximum atomic E-state index is 12.4. The second-order valence-corrected chi connectivity index (χ2v) is 5.72. The zero-order valence-corrected chi connectivity index (χ0v) is 13.9. The lowest BCUT2D eigenvalue weighted by Crippen LogP contribution is -2.30. The van der Waals surface area contributed by atoms with E-state index in [1.54, 1.807) is 18.2 Å². The van der Waals surface area contributed by atoms with Gasteiger partial charge in [-0.05, 0) is 29.0 Å². The molecule has 120 valence electrons. The minimum Gasteiger partial charge on any atom is -0.466 e. The number of carbonyl (C=O) groups is 1. The Morgan fingerprint density at radius 3 is 2.87 bits per heavy atom. The van der Waals surface area contributed by atoms with Crippen molar-refractivity contribution in [3.05, 3.63) is 45.1 Å². The highest BCUT2D eigenvalue weighted by Gasteiger charge is 2.36. The number of aromatic nitrogens is 4. The van der Waals surface area contributed by atoms with Gasteiger partial charge in [0, 0.05) is 21.3 Å². The van der Waals surface area contributed by atoms with E-state index in [0.717, 1.165) is 0 Å². The predicted octanol–water partition coefficient (Wildman–Crippen LogP) is 2.83. The first-order valence-corrected chi connectivity index (χ1v) is 7.63. The Balaban J connectivity index is 2.24. The van der Waals surface area contributed by atoms with Crippen molar-refractivity contribution >= 4 is 35.1 Å². The highest BCUT2D eigenvalue weighted by atomic mass is 35.5. The van der Waals surface area contributed by atoms with Crippen molar-refractivity contribution in [2.75, 3.05) is 12.4 Å². The smallest absolute Gasteiger partial charge is 0.338 e. The molecule has 0 unspecified atom stereocenters. The largest absolute Gasteiger partial charge is 0.466 e. The predicted molar refractivity (Wildman–Crippen MR) is 85.4 cm³/mol. The van der Waals surface area contributed by atoms with E-state index >= 15 is 0 Å². The molecule has 1 aliphatic heterocycles. The van der Waals surface area contributed by atoms with Crippen molar-refractivity contribution in [3.63, 3.8) is 0 Å². The minimum atomic E-state index is -0.589. The zero-order chi connectivity index (χ0) is 16.6. The van der Waals surface area contributed by atoms with Crippen molar-refractivity contribution in [2.45, 2.75) is 19.4 Å². The third-order valence-electron chi connectivity index (χ3n) is 3.61. The van der Waals surface area contributed by atoms with Crippen molar-refractivity contribution in [3.8, 4) is 0 Å². The molecular weight excluding hydrogens is 341 g/mol. The summed E-state index contributed by atoms with van der Waals surface area (Å²) < 4.78 is 6.44. The van der Waals surface area contributed by atoms with Crippen molar-refractivity contribution in [1.82, 2.24) is 20.2 Å². The molecule has 7 nitrogen and oxygen atoms in total. The number of allylic oxidation sites excluding steroid dienone is 1. The second-order valence-electron chi connectivity index (χ2n) is 4.88. The molecule has 1 aliphatic rings. The first kappa shape index (κ1) is 15.8. The first-order valence-electron chi connectivity index (χ1n) is 6.88. The van der Waals surface area contributed by atoms with Crippen LogP contribution in [-0.2, 0) is 9.53 Å². The molecule has 1 aromatic carbocycles. The van der Waals surface area contributed by atoms with E-state index in [2.05, 4.69) is 20.8 Å². The van der Waals surface area contributed by atoms with Gasteiger partial charge in [0.2, 0.25) is 5.95 Å². The molecule has 1 aromatic heterocycles.